The van der Waals surface area contributed by atoms with Crippen LogP contribution in [0.5, 0.6) is 0 Å². The molecule has 6 nitrogen and oxygen atoms in total. The van der Waals surface area contributed by atoms with Crippen LogP contribution in [-0.2, 0) is 4.79 Å². The van der Waals surface area contributed by atoms with Gasteiger partial charge in [0.1, 0.15) is 32.2 Å². The third kappa shape index (κ3) is 4.77. The molecule has 1 aliphatic rings. The summed E-state index contributed by atoms with van der Waals surface area (Å²) in [5.41, 5.74) is 2.63. The smallest absolute Gasteiger partial charge is 0.321 e. The number of carbonyl (C=O) groups excluding carboxylic acids is 2. The molecule has 3 amide bonds. The summed E-state index contributed by atoms with van der Waals surface area (Å²) < 4.78 is 0. The lowest BCUT2D eigenvalue weighted by Crippen LogP contribution is -3.30. The van der Waals surface area contributed by atoms with Gasteiger partial charge in [-0.15, -0.1) is 0 Å². The second-order valence-electron chi connectivity index (χ2n) is 7.36. The third-order valence-electron chi connectivity index (χ3n) is 5.68. The van der Waals surface area contributed by atoms with E-state index in [1.54, 1.807) is 0 Å². The lowest BCUT2D eigenvalue weighted by molar-refractivity contribution is -1.03. The summed E-state index contributed by atoms with van der Waals surface area (Å²) in [6.45, 7) is 5.63. The molecule has 3 rings (SSSR count). The number of rotatable bonds is 5. The number of quaternary nitrogens is 2. The maximum Gasteiger partial charge on any atom is 0.321 e. The van der Waals surface area contributed by atoms with Crippen LogP contribution >= 0.6 is 0 Å². The zero-order valence-corrected chi connectivity index (χ0v) is 16.6. The van der Waals surface area contributed by atoms with E-state index in [1.165, 1.54) is 28.0 Å². The van der Waals surface area contributed by atoms with Crippen molar-refractivity contribution in [1.29, 1.82) is 0 Å². The molecule has 1 fully saturated rings. The van der Waals surface area contributed by atoms with Crippen molar-refractivity contribution in [3.8, 4) is 0 Å². The summed E-state index contributed by atoms with van der Waals surface area (Å²) >= 11 is 0. The molecule has 2 aromatic rings. The molecule has 1 heterocycles. The second kappa shape index (κ2) is 9.48. The van der Waals surface area contributed by atoms with Crippen LogP contribution in [0.15, 0.2) is 60.7 Å². The molecule has 148 valence electrons. The fourth-order valence-electron chi connectivity index (χ4n) is 4.04. The number of hydrogen-bond donors (Lipinski definition) is 4. The van der Waals surface area contributed by atoms with Crippen LogP contribution in [0.25, 0.3) is 0 Å². The second-order valence-corrected chi connectivity index (χ2v) is 7.36. The van der Waals surface area contributed by atoms with Gasteiger partial charge in [0.2, 0.25) is 0 Å². The first-order chi connectivity index (χ1) is 13.6. The van der Waals surface area contributed by atoms with Gasteiger partial charge >= 0.3 is 6.03 Å². The van der Waals surface area contributed by atoms with Gasteiger partial charge in [0.25, 0.3) is 5.91 Å². The van der Waals surface area contributed by atoms with Gasteiger partial charge in [-0.3, -0.25) is 10.1 Å². The zero-order valence-electron chi connectivity index (χ0n) is 16.6. The van der Waals surface area contributed by atoms with E-state index in [9.17, 15) is 9.59 Å². The Labute approximate surface area is 166 Å². The molecule has 0 bridgehead atoms. The predicted octanol–water partition coefficient (Wildman–Crippen LogP) is -0.596. The summed E-state index contributed by atoms with van der Waals surface area (Å²) in [7, 11) is 1.51. The highest BCUT2D eigenvalue weighted by molar-refractivity contribution is 5.96. The van der Waals surface area contributed by atoms with E-state index in [4.69, 9.17) is 0 Å². The number of carbonyl (C=O) groups is 2. The monoisotopic (exact) mass is 382 g/mol. The first-order valence-electron chi connectivity index (χ1n) is 9.91. The molecule has 0 unspecified atom stereocenters. The predicted molar refractivity (Wildman–Crippen MR) is 108 cm³/mol. The van der Waals surface area contributed by atoms with Gasteiger partial charge in [-0.1, -0.05) is 60.7 Å². The van der Waals surface area contributed by atoms with Crippen LogP contribution in [0.4, 0.5) is 4.79 Å². The summed E-state index contributed by atoms with van der Waals surface area (Å²) in [4.78, 5) is 26.4. The maximum absolute atomic E-state index is 12.3. The molecular weight excluding hydrogens is 352 g/mol. The van der Waals surface area contributed by atoms with Crippen molar-refractivity contribution in [3.63, 3.8) is 0 Å². The van der Waals surface area contributed by atoms with E-state index in [-0.39, 0.29) is 11.9 Å². The SMILES string of the molecule is CNC(=O)NC(=O)[C@@H](C)[NH+]1CC[NH+](C(c2ccccc2)c2ccccc2)CC1. The Kier molecular flexibility index (Phi) is 6.79. The Bertz CT molecular complexity index is 734. The van der Waals surface area contributed by atoms with Crippen molar-refractivity contribution in [2.75, 3.05) is 33.2 Å². The normalized spacial score (nSPS) is 20.4. The van der Waals surface area contributed by atoms with E-state index >= 15 is 0 Å². The quantitative estimate of drug-likeness (QED) is 0.558. The Morgan fingerprint density at radius 3 is 1.75 bits per heavy atom. The van der Waals surface area contributed by atoms with Crippen LogP contribution in [0.3, 0.4) is 0 Å². The van der Waals surface area contributed by atoms with Gasteiger partial charge in [-0.2, -0.15) is 0 Å². The summed E-state index contributed by atoms with van der Waals surface area (Å²) in [5, 5.41) is 4.82. The van der Waals surface area contributed by atoms with E-state index in [2.05, 4.69) is 71.3 Å². The lowest BCUT2D eigenvalue weighted by Gasteiger charge is -2.36. The number of amides is 3. The van der Waals surface area contributed by atoms with Gasteiger partial charge in [0, 0.05) is 18.2 Å². The average molecular weight is 383 g/mol. The molecule has 4 N–H and O–H groups in total. The van der Waals surface area contributed by atoms with Crippen LogP contribution in [-0.4, -0.2) is 51.2 Å². The van der Waals surface area contributed by atoms with Crippen molar-refractivity contribution in [2.24, 2.45) is 0 Å². The van der Waals surface area contributed by atoms with Crippen molar-refractivity contribution in [1.82, 2.24) is 10.6 Å². The minimum atomic E-state index is -0.450. The highest BCUT2D eigenvalue weighted by atomic mass is 16.2. The van der Waals surface area contributed by atoms with Crippen molar-refractivity contribution >= 4 is 11.9 Å². The average Bonchev–Trinajstić information content (AvgIpc) is 2.75. The first-order valence-corrected chi connectivity index (χ1v) is 9.91. The number of hydrogen-bond acceptors (Lipinski definition) is 2. The molecule has 6 heteroatoms. The molecule has 1 saturated heterocycles. The Morgan fingerprint density at radius 2 is 1.29 bits per heavy atom. The fraction of sp³-hybridized carbons (Fsp3) is 0.364. The standard InChI is InChI=1S/C22H28N4O2/c1-17(21(27)24-22(28)23-2)25-13-15-26(16-14-25)20(18-9-5-3-6-10-18)19-11-7-4-8-12-19/h3-12,17,20H,13-16H2,1-2H3,(H2,23,24,27,28)/p+2/t17-/m1/s1. The van der Waals surface area contributed by atoms with Gasteiger partial charge in [0.05, 0.1) is 0 Å². The molecule has 0 spiro atoms. The molecule has 0 aromatic heterocycles. The van der Waals surface area contributed by atoms with Crippen molar-refractivity contribution in [3.05, 3.63) is 71.8 Å². The number of nitrogens with one attached hydrogen (secondary N) is 4. The maximum atomic E-state index is 12.3. The minimum Gasteiger partial charge on any atom is -0.341 e. The van der Waals surface area contributed by atoms with Gasteiger partial charge in [0.15, 0.2) is 6.04 Å². The van der Waals surface area contributed by atoms with E-state index in [0.29, 0.717) is 6.04 Å². The molecule has 1 aliphatic heterocycles. The summed E-state index contributed by atoms with van der Waals surface area (Å²) in [5.74, 6) is -0.222. The zero-order chi connectivity index (χ0) is 19.9. The molecule has 0 aliphatic carbocycles. The summed E-state index contributed by atoms with van der Waals surface area (Å²) in [6.07, 6.45) is 0. The lowest BCUT2D eigenvalue weighted by atomic mass is 9.96. The van der Waals surface area contributed by atoms with Crippen LogP contribution in [0, 0.1) is 0 Å². The minimum absolute atomic E-state index is 0.222. The number of benzene rings is 2. The highest BCUT2D eigenvalue weighted by Gasteiger charge is 2.35. The number of piperazine rings is 1. The fourth-order valence-corrected chi connectivity index (χ4v) is 4.04. The summed E-state index contributed by atoms with van der Waals surface area (Å²) in [6, 6.07) is 20.9. The molecule has 0 saturated carbocycles. The van der Waals surface area contributed by atoms with E-state index in [0.717, 1.165) is 26.2 Å². The molecule has 28 heavy (non-hydrogen) atoms. The molecular formula is C22H30N4O2+2. The van der Waals surface area contributed by atoms with Crippen molar-refractivity contribution < 1.29 is 19.4 Å². The molecule has 2 aromatic carbocycles. The van der Waals surface area contributed by atoms with Crippen LogP contribution in [0.2, 0.25) is 0 Å². The largest absolute Gasteiger partial charge is 0.341 e. The Morgan fingerprint density at radius 1 is 0.821 bits per heavy atom. The van der Waals surface area contributed by atoms with E-state index in [1.807, 2.05) is 6.92 Å². The van der Waals surface area contributed by atoms with E-state index < -0.39 is 6.03 Å². The Balaban J connectivity index is 1.69. The highest BCUT2D eigenvalue weighted by Crippen LogP contribution is 2.18. The van der Waals surface area contributed by atoms with Crippen LogP contribution in [0.1, 0.15) is 24.1 Å². The topological polar surface area (TPSA) is 67.1 Å². The Hall–Kier alpha value is -2.70. The van der Waals surface area contributed by atoms with Gasteiger partial charge in [-0.25, -0.2) is 4.79 Å². The molecule has 0 radical (unpaired) electrons. The number of imide groups is 1. The van der Waals surface area contributed by atoms with Gasteiger partial charge < -0.3 is 15.1 Å². The number of urea groups is 1. The van der Waals surface area contributed by atoms with Gasteiger partial charge in [-0.05, 0) is 6.92 Å². The first kappa shape index (κ1) is 20.0. The third-order valence-corrected chi connectivity index (χ3v) is 5.68. The van der Waals surface area contributed by atoms with Crippen LogP contribution < -0.4 is 20.4 Å². The van der Waals surface area contributed by atoms with Crippen molar-refractivity contribution in [2.45, 2.75) is 19.0 Å². The molecule has 1 atom stereocenters.